The minimum absolute atomic E-state index is 0.157. The van der Waals surface area contributed by atoms with Crippen LogP contribution in [-0.2, 0) is 32.9 Å². The van der Waals surface area contributed by atoms with Crippen molar-refractivity contribution in [2.24, 2.45) is 5.92 Å². The van der Waals surface area contributed by atoms with E-state index >= 15 is 8.90 Å². The van der Waals surface area contributed by atoms with Gasteiger partial charge in [-0.2, -0.15) is 0 Å². The molecule has 1 N–H and O–H groups in total. The molecule has 4 aliphatic heterocycles. The minimum Gasteiger partial charge on any atom is -0.454 e. The number of anilines is 4. The number of aliphatic hydroxyl groups is 1. The van der Waals surface area contributed by atoms with E-state index in [9.17, 15) is 14.7 Å². The SMILES string of the molecule is C[C@H]1[C@H]([Si](C)(C)F)[C@@H](CC(=O)N2Cc3ccccc3C[C@H]2CO)O[C@]12C(=O)N(c1ccccc1)c1ccc(N3C(=O)c4ccccc4Oc4ccccc43)cc12. The van der Waals surface area contributed by atoms with Crippen LogP contribution in [0.3, 0.4) is 0 Å². The molecule has 5 aromatic rings. The zero-order valence-electron chi connectivity index (χ0n) is 31.4. The third-order valence-corrected chi connectivity index (χ3v) is 14.5. The number of nitrogens with zero attached hydrogens (tertiary/aromatic N) is 3. The van der Waals surface area contributed by atoms with E-state index in [1.807, 2.05) is 97.9 Å². The number of hydrogen-bond acceptors (Lipinski definition) is 6. The lowest BCUT2D eigenvalue weighted by atomic mass is 9.82. The number of rotatable bonds is 6. The molecule has 56 heavy (non-hydrogen) atoms. The van der Waals surface area contributed by atoms with Crippen LogP contribution >= 0.6 is 0 Å². The van der Waals surface area contributed by atoms with Crippen molar-refractivity contribution >= 4 is 48.9 Å². The van der Waals surface area contributed by atoms with Crippen LogP contribution < -0.4 is 14.5 Å². The molecule has 5 aromatic carbocycles. The summed E-state index contributed by atoms with van der Waals surface area (Å²) in [6, 6.07) is 36.5. The number of aliphatic hydroxyl groups excluding tert-OH is 1. The van der Waals surface area contributed by atoms with E-state index in [4.69, 9.17) is 9.47 Å². The Kier molecular flexibility index (Phi) is 8.72. The summed E-state index contributed by atoms with van der Waals surface area (Å²) in [5, 5.41) is 10.4. The standard InChI is InChI=1S/C45H42FN3O6Si/c1-28-42(56(2,3)46)40(25-41(51)47-26-30-14-8-7-13-29(30)23-33(47)27-50)55-45(28)35-24-32(21-22-36(35)49(44(45)53)31-15-5-4-6-16-31)48-37-18-10-12-20-39(37)54-38-19-11-9-17-34(38)43(48)52/h4-22,24,28,33,40,42,50H,23,25-27H2,1-3H3/t28-,33-,40+,42-,45+/m0/s1. The van der Waals surface area contributed by atoms with E-state index in [0.717, 1.165) is 11.1 Å². The Labute approximate surface area is 326 Å². The first-order valence-electron chi connectivity index (χ1n) is 19.1. The molecule has 0 aliphatic carbocycles. The monoisotopic (exact) mass is 767 g/mol. The van der Waals surface area contributed by atoms with Crippen molar-refractivity contribution in [2.45, 2.75) is 62.7 Å². The van der Waals surface area contributed by atoms with Gasteiger partial charge in [0, 0.05) is 34.9 Å². The molecule has 1 spiro atoms. The number of carbonyl (C=O) groups is 3. The van der Waals surface area contributed by atoms with Gasteiger partial charge in [-0.25, -0.2) is 0 Å². The third-order valence-electron chi connectivity index (χ3n) is 12.0. The molecule has 0 radical (unpaired) electrons. The molecule has 9 rings (SSSR count). The molecule has 5 atom stereocenters. The lowest BCUT2D eigenvalue weighted by Gasteiger charge is -2.37. The average Bonchev–Trinajstić information content (AvgIpc) is 3.58. The van der Waals surface area contributed by atoms with Gasteiger partial charge in [0.1, 0.15) is 5.75 Å². The predicted molar refractivity (Wildman–Crippen MR) is 214 cm³/mol. The van der Waals surface area contributed by atoms with Crippen LogP contribution in [0.2, 0.25) is 18.6 Å². The van der Waals surface area contributed by atoms with Gasteiger partial charge < -0.3 is 23.6 Å². The van der Waals surface area contributed by atoms with Gasteiger partial charge >= 0.3 is 0 Å². The fourth-order valence-corrected chi connectivity index (χ4v) is 12.0. The van der Waals surface area contributed by atoms with Gasteiger partial charge in [0.2, 0.25) is 14.3 Å². The Morgan fingerprint density at radius 3 is 2.25 bits per heavy atom. The smallest absolute Gasteiger partial charge is 0.268 e. The topological polar surface area (TPSA) is 99.6 Å². The Hall–Kier alpha value is -5.62. The molecule has 284 valence electrons. The van der Waals surface area contributed by atoms with E-state index < -0.39 is 37.6 Å². The van der Waals surface area contributed by atoms with Crippen molar-refractivity contribution in [1.82, 2.24) is 4.90 Å². The highest BCUT2D eigenvalue weighted by molar-refractivity contribution is 6.72. The lowest BCUT2D eigenvalue weighted by Crippen LogP contribution is -2.48. The van der Waals surface area contributed by atoms with E-state index in [1.54, 1.807) is 58.1 Å². The van der Waals surface area contributed by atoms with E-state index in [1.165, 1.54) is 0 Å². The minimum atomic E-state index is -3.64. The van der Waals surface area contributed by atoms with E-state index in [0.29, 0.717) is 58.3 Å². The van der Waals surface area contributed by atoms with Gasteiger partial charge in [-0.3, -0.25) is 24.2 Å². The summed E-state index contributed by atoms with van der Waals surface area (Å²) in [5.74, 6) is -0.731. The molecule has 11 heteroatoms. The number of ether oxygens (including phenoxy) is 2. The highest BCUT2D eigenvalue weighted by Gasteiger charge is 2.67. The maximum Gasteiger partial charge on any atom is 0.268 e. The van der Waals surface area contributed by atoms with Gasteiger partial charge in [-0.15, -0.1) is 0 Å². The molecule has 4 heterocycles. The maximum absolute atomic E-state index is 16.9. The number of carbonyl (C=O) groups excluding carboxylic acids is 3. The van der Waals surface area contributed by atoms with Crippen molar-refractivity contribution in [1.29, 1.82) is 0 Å². The first-order chi connectivity index (χ1) is 27.0. The zero-order valence-corrected chi connectivity index (χ0v) is 32.4. The number of benzene rings is 5. The van der Waals surface area contributed by atoms with Crippen LogP contribution in [0, 0.1) is 5.92 Å². The quantitative estimate of drug-likeness (QED) is 0.137. The normalized spacial score (nSPS) is 24.0. The average molecular weight is 768 g/mol. The van der Waals surface area contributed by atoms with Crippen molar-refractivity contribution < 1.29 is 33.1 Å². The molecule has 1 fully saturated rings. The van der Waals surface area contributed by atoms with Crippen molar-refractivity contribution in [3.05, 3.63) is 144 Å². The van der Waals surface area contributed by atoms with Crippen LogP contribution in [0.4, 0.5) is 26.9 Å². The van der Waals surface area contributed by atoms with Crippen molar-refractivity contribution in [3.8, 4) is 11.5 Å². The predicted octanol–water partition coefficient (Wildman–Crippen LogP) is 8.56. The largest absolute Gasteiger partial charge is 0.454 e. The summed E-state index contributed by atoms with van der Waals surface area (Å²) in [6.07, 6.45) is -0.584. The Balaban J connectivity index is 1.17. The number of hydrogen-bond donors (Lipinski definition) is 1. The van der Waals surface area contributed by atoms with Crippen LogP contribution in [-0.4, -0.2) is 54.9 Å². The van der Waals surface area contributed by atoms with Crippen molar-refractivity contribution in [2.75, 3.05) is 16.4 Å². The Bertz CT molecular complexity index is 2390. The lowest BCUT2D eigenvalue weighted by molar-refractivity contribution is -0.150. The van der Waals surface area contributed by atoms with Crippen LogP contribution in [0.25, 0.3) is 0 Å². The molecule has 1 saturated heterocycles. The number of amides is 3. The van der Waals surface area contributed by atoms with Crippen LogP contribution in [0.15, 0.2) is 121 Å². The highest BCUT2D eigenvalue weighted by Crippen LogP contribution is 2.62. The van der Waals surface area contributed by atoms with Gasteiger partial charge in [0.25, 0.3) is 11.8 Å². The van der Waals surface area contributed by atoms with Gasteiger partial charge in [-0.05, 0) is 85.2 Å². The third kappa shape index (κ3) is 5.59. The van der Waals surface area contributed by atoms with E-state index in [-0.39, 0.29) is 30.7 Å². The first kappa shape index (κ1) is 36.0. The van der Waals surface area contributed by atoms with Gasteiger partial charge in [-0.1, -0.05) is 73.7 Å². The molecule has 0 unspecified atom stereocenters. The van der Waals surface area contributed by atoms with Gasteiger partial charge in [0.05, 0.1) is 42.1 Å². The van der Waals surface area contributed by atoms with Crippen LogP contribution in [0.1, 0.15) is 40.4 Å². The molecule has 9 nitrogen and oxygen atoms in total. The second-order valence-corrected chi connectivity index (χ2v) is 19.5. The summed E-state index contributed by atoms with van der Waals surface area (Å²) in [6.45, 7) is 5.18. The molecule has 0 aromatic heterocycles. The second-order valence-electron chi connectivity index (χ2n) is 15.7. The first-order valence-corrected chi connectivity index (χ1v) is 22.0. The zero-order chi connectivity index (χ0) is 38.9. The summed E-state index contributed by atoms with van der Waals surface area (Å²) in [7, 11) is -3.64. The Morgan fingerprint density at radius 1 is 0.821 bits per heavy atom. The fraction of sp³-hybridized carbons (Fsp3) is 0.267. The van der Waals surface area contributed by atoms with E-state index in [2.05, 4.69) is 0 Å². The van der Waals surface area contributed by atoms with Crippen molar-refractivity contribution in [3.63, 3.8) is 0 Å². The highest BCUT2D eigenvalue weighted by atomic mass is 28.4. The molecular weight excluding hydrogens is 726 g/mol. The number of halogens is 1. The molecule has 0 bridgehead atoms. The number of fused-ring (bicyclic) bond motifs is 5. The second kappa shape index (κ2) is 13.5. The fourth-order valence-electron chi connectivity index (χ4n) is 9.53. The van der Waals surface area contributed by atoms with Gasteiger partial charge in [0.15, 0.2) is 11.4 Å². The summed E-state index contributed by atoms with van der Waals surface area (Å²) < 4.78 is 30.2. The molecule has 4 aliphatic rings. The Morgan fingerprint density at radius 2 is 1.50 bits per heavy atom. The van der Waals surface area contributed by atoms with Crippen LogP contribution in [0.5, 0.6) is 11.5 Å². The molecule has 3 amide bonds. The summed E-state index contributed by atoms with van der Waals surface area (Å²) >= 11 is 0. The number of para-hydroxylation sites is 4. The summed E-state index contributed by atoms with van der Waals surface area (Å²) in [5.41, 5.74) is 2.70. The molecular formula is C45H42FN3O6Si. The molecule has 0 saturated carbocycles. The maximum atomic E-state index is 16.9. The summed E-state index contributed by atoms with van der Waals surface area (Å²) in [4.78, 5) is 49.0.